The van der Waals surface area contributed by atoms with Crippen molar-refractivity contribution in [3.63, 3.8) is 0 Å². The topological polar surface area (TPSA) is 81.4 Å². The van der Waals surface area contributed by atoms with Crippen LogP contribution in [-0.2, 0) is 9.59 Å². The monoisotopic (exact) mass is 290 g/mol. The molecular formula is C15H15FN2O3. The molecule has 1 aliphatic rings. The van der Waals surface area contributed by atoms with Crippen LogP contribution in [0.5, 0.6) is 0 Å². The normalized spacial score (nSPS) is 22.5. The van der Waals surface area contributed by atoms with Gasteiger partial charge < -0.3 is 10.0 Å². The number of amides is 1. The fourth-order valence-corrected chi connectivity index (χ4v) is 2.76. The second-order valence-corrected chi connectivity index (χ2v) is 5.14. The highest BCUT2D eigenvalue weighted by atomic mass is 19.1. The van der Waals surface area contributed by atoms with Gasteiger partial charge in [0.2, 0.25) is 5.91 Å². The van der Waals surface area contributed by atoms with Gasteiger partial charge in [-0.15, -0.1) is 0 Å². The standard InChI is InChI=1S/C15H15FN2O3/c1-18-13(19)4-2-3-11(15(20)21)14(18)9-5-6-12(16)10(7-9)8-17/h5-7,11,14H,2-4H2,1H3,(H,20,21). The lowest BCUT2D eigenvalue weighted by molar-refractivity contribution is -0.145. The first-order valence-electron chi connectivity index (χ1n) is 6.63. The molecule has 2 atom stereocenters. The van der Waals surface area contributed by atoms with Crippen LogP contribution in [0.3, 0.4) is 0 Å². The summed E-state index contributed by atoms with van der Waals surface area (Å²) in [5.41, 5.74) is 0.319. The molecular weight excluding hydrogens is 275 g/mol. The molecule has 0 radical (unpaired) electrons. The first-order valence-corrected chi connectivity index (χ1v) is 6.63. The van der Waals surface area contributed by atoms with Gasteiger partial charge in [-0.3, -0.25) is 9.59 Å². The molecule has 1 N–H and O–H groups in total. The molecule has 0 bridgehead atoms. The van der Waals surface area contributed by atoms with Crippen molar-refractivity contribution in [2.45, 2.75) is 25.3 Å². The predicted molar refractivity (Wildman–Crippen MR) is 71.6 cm³/mol. The zero-order valence-electron chi connectivity index (χ0n) is 11.5. The number of nitrogens with zero attached hydrogens (tertiary/aromatic N) is 2. The summed E-state index contributed by atoms with van der Waals surface area (Å²) in [5.74, 6) is -2.56. The van der Waals surface area contributed by atoms with E-state index in [1.165, 1.54) is 17.0 Å². The van der Waals surface area contributed by atoms with E-state index in [0.717, 1.165) is 6.07 Å². The van der Waals surface area contributed by atoms with Gasteiger partial charge in [-0.2, -0.15) is 5.26 Å². The van der Waals surface area contributed by atoms with Crippen molar-refractivity contribution in [1.82, 2.24) is 4.90 Å². The number of hydrogen-bond donors (Lipinski definition) is 1. The lowest BCUT2D eigenvalue weighted by Gasteiger charge is -2.30. The Hall–Kier alpha value is -2.42. The van der Waals surface area contributed by atoms with Crippen LogP contribution in [0, 0.1) is 23.1 Å². The van der Waals surface area contributed by atoms with E-state index in [0.29, 0.717) is 24.8 Å². The molecule has 21 heavy (non-hydrogen) atoms. The van der Waals surface area contributed by atoms with Gasteiger partial charge in [0.1, 0.15) is 11.9 Å². The molecule has 2 rings (SSSR count). The minimum atomic E-state index is -0.996. The molecule has 1 heterocycles. The number of carbonyl (C=O) groups excluding carboxylic acids is 1. The van der Waals surface area contributed by atoms with Gasteiger partial charge in [0, 0.05) is 13.5 Å². The van der Waals surface area contributed by atoms with Gasteiger partial charge in [0.25, 0.3) is 0 Å². The Kier molecular flexibility index (Phi) is 4.22. The zero-order chi connectivity index (χ0) is 15.6. The van der Waals surface area contributed by atoms with Crippen molar-refractivity contribution < 1.29 is 19.1 Å². The molecule has 1 aromatic carbocycles. The smallest absolute Gasteiger partial charge is 0.308 e. The van der Waals surface area contributed by atoms with E-state index in [9.17, 15) is 19.1 Å². The molecule has 2 unspecified atom stereocenters. The number of aliphatic carboxylic acids is 1. The molecule has 1 saturated heterocycles. The van der Waals surface area contributed by atoms with Crippen molar-refractivity contribution >= 4 is 11.9 Å². The van der Waals surface area contributed by atoms with Gasteiger partial charge >= 0.3 is 5.97 Å². The van der Waals surface area contributed by atoms with Crippen molar-refractivity contribution in [3.8, 4) is 6.07 Å². The summed E-state index contributed by atoms with van der Waals surface area (Å²) in [7, 11) is 1.55. The van der Waals surface area contributed by atoms with E-state index in [4.69, 9.17) is 5.26 Å². The Morgan fingerprint density at radius 2 is 2.24 bits per heavy atom. The number of hydrogen-bond acceptors (Lipinski definition) is 3. The average Bonchev–Trinajstić information content (AvgIpc) is 2.60. The van der Waals surface area contributed by atoms with Crippen molar-refractivity contribution in [2.24, 2.45) is 5.92 Å². The number of rotatable bonds is 2. The molecule has 1 aliphatic heterocycles. The summed E-state index contributed by atoms with van der Waals surface area (Å²) in [5, 5.41) is 18.3. The van der Waals surface area contributed by atoms with Crippen LogP contribution in [-0.4, -0.2) is 28.9 Å². The van der Waals surface area contributed by atoms with Crippen LogP contribution < -0.4 is 0 Å². The molecule has 1 amide bonds. The van der Waals surface area contributed by atoms with Gasteiger partial charge in [-0.25, -0.2) is 4.39 Å². The third-order valence-electron chi connectivity index (χ3n) is 3.87. The molecule has 0 aliphatic carbocycles. The molecule has 1 fully saturated rings. The Balaban J connectivity index is 2.51. The first kappa shape index (κ1) is 15.0. The van der Waals surface area contributed by atoms with Crippen LogP contribution in [0.1, 0.15) is 36.4 Å². The van der Waals surface area contributed by atoms with E-state index >= 15 is 0 Å². The Morgan fingerprint density at radius 3 is 2.86 bits per heavy atom. The van der Waals surface area contributed by atoms with Gasteiger partial charge in [-0.1, -0.05) is 6.07 Å². The summed E-state index contributed by atoms with van der Waals surface area (Å²) in [6.07, 6.45) is 1.17. The lowest BCUT2D eigenvalue weighted by Crippen LogP contribution is -2.36. The maximum Gasteiger partial charge on any atom is 0.308 e. The van der Waals surface area contributed by atoms with Crippen LogP contribution in [0.2, 0.25) is 0 Å². The number of carboxylic acids is 1. The summed E-state index contributed by atoms with van der Waals surface area (Å²) >= 11 is 0. The van der Waals surface area contributed by atoms with Gasteiger partial charge in [-0.05, 0) is 30.5 Å². The summed E-state index contributed by atoms with van der Waals surface area (Å²) < 4.78 is 13.4. The number of benzene rings is 1. The minimum Gasteiger partial charge on any atom is -0.481 e. The highest BCUT2D eigenvalue weighted by Gasteiger charge is 2.37. The number of carboxylic acid groups (broad SMARTS) is 1. The highest BCUT2D eigenvalue weighted by Crippen LogP contribution is 2.35. The summed E-state index contributed by atoms with van der Waals surface area (Å²) in [6, 6.07) is 4.94. The van der Waals surface area contributed by atoms with Crippen LogP contribution in [0.4, 0.5) is 4.39 Å². The largest absolute Gasteiger partial charge is 0.481 e. The SMILES string of the molecule is CN1C(=O)CCCC(C(=O)O)C1c1ccc(F)c(C#N)c1. The van der Waals surface area contributed by atoms with Crippen LogP contribution in [0.25, 0.3) is 0 Å². The Morgan fingerprint density at radius 1 is 1.52 bits per heavy atom. The summed E-state index contributed by atoms with van der Waals surface area (Å²) in [4.78, 5) is 24.9. The predicted octanol–water partition coefficient (Wildman–Crippen LogP) is 2.08. The maximum atomic E-state index is 13.4. The quantitative estimate of drug-likeness (QED) is 0.904. The van der Waals surface area contributed by atoms with Crippen molar-refractivity contribution in [2.75, 3.05) is 7.05 Å². The molecule has 0 spiro atoms. The molecule has 0 aromatic heterocycles. The van der Waals surface area contributed by atoms with E-state index in [-0.39, 0.29) is 11.5 Å². The van der Waals surface area contributed by atoms with E-state index < -0.39 is 23.7 Å². The van der Waals surface area contributed by atoms with E-state index in [2.05, 4.69) is 0 Å². The highest BCUT2D eigenvalue weighted by molar-refractivity contribution is 5.79. The molecule has 6 heteroatoms. The fourth-order valence-electron chi connectivity index (χ4n) is 2.76. The molecule has 110 valence electrons. The first-order chi connectivity index (χ1) is 9.95. The van der Waals surface area contributed by atoms with Crippen molar-refractivity contribution in [1.29, 1.82) is 5.26 Å². The van der Waals surface area contributed by atoms with E-state index in [1.807, 2.05) is 0 Å². The summed E-state index contributed by atoms with van der Waals surface area (Å²) in [6.45, 7) is 0. The third kappa shape index (κ3) is 2.87. The average molecular weight is 290 g/mol. The van der Waals surface area contributed by atoms with Crippen LogP contribution in [0.15, 0.2) is 18.2 Å². The fraction of sp³-hybridized carbons (Fsp3) is 0.400. The van der Waals surface area contributed by atoms with Gasteiger partial charge in [0.05, 0.1) is 17.5 Å². The second kappa shape index (κ2) is 5.92. The number of halogens is 1. The maximum absolute atomic E-state index is 13.4. The van der Waals surface area contributed by atoms with Crippen molar-refractivity contribution in [3.05, 3.63) is 35.1 Å². The Labute approximate surface area is 121 Å². The molecule has 5 nitrogen and oxygen atoms in total. The third-order valence-corrected chi connectivity index (χ3v) is 3.87. The minimum absolute atomic E-state index is 0.147. The number of likely N-dealkylation sites (tertiary alicyclic amines) is 1. The van der Waals surface area contributed by atoms with Crippen LogP contribution >= 0.6 is 0 Å². The molecule has 1 aromatic rings. The Bertz CT molecular complexity index is 624. The van der Waals surface area contributed by atoms with Gasteiger partial charge in [0.15, 0.2) is 0 Å². The number of nitriles is 1. The van der Waals surface area contributed by atoms with E-state index in [1.54, 1.807) is 13.1 Å². The zero-order valence-corrected chi connectivity index (χ0v) is 11.5. The lowest BCUT2D eigenvalue weighted by atomic mass is 9.88. The number of carbonyl (C=O) groups is 2. The second-order valence-electron chi connectivity index (χ2n) is 5.14. The molecule has 0 saturated carbocycles.